The zero-order chi connectivity index (χ0) is 20.9. The lowest BCUT2D eigenvalue weighted by Gasteiger charge is -2.35. The summed E-state index contributed by atoms with van der Waals surface area (Å²) < 4.78 is 0. The van der Waals surface area contributed by atoms with Gasteiger partial charge in [-0.05, 0) is 42.5 Å². The Balaban J connectivity index is 1.76. The van der Waals surface area contributed by atoms with Gasteiger partial charge >= 0.3 is 0 Å². The van der Waals surface area contributed by atoms with E-state index >= 15 is 0 Å². The van der Waals surface area contributed by atoms with Gasteiger partial charge in [0, 0.05) is 11.5 Å². The third-order valence-electron chi connectivity index (χ3n) is 7.10. The van der Waals surface area contributed by atoms with Gasteiger partial charge in [0.15, 0.2) is 11.6 Å². The van der Waals surface area contributed by atoms with Crippen molar-refractivity contribution in [2.45, 2.75) is 20.3 Å². The summed E-state index contributed by atoms with van der Waals surface area (Å²) in [7, 11) is 0. The smallest absolute Gasteiger partial charge is 0.167 e. The molecule has 0 amide bonds. The predicted octanol–water partition coefficient (Wildman–Crippen LogP) is 6.10. The molecular weight excluding hydrogens is 368 g/mol. The molecule has 0 spiro atoms. The fourth-order valence-corrected chi connectivity index (χ4v) is 5.75. The Bertz CT molecular complexity index is 1160. The van der Waals surface area contributed by atoms with Gasteiger partial charge in [0.1, 0.15) is 0 Å². The van der Waals surface area contributed by atoms with Gasteiger partial charge in [-0.15, -0.1) is 0 Å². The van der Waals surface area contributed by atoms with Crippen LogP contribution in [0.15, 0.2) is 91.0 Å². The first-order valence-corrected chi connectivity index (χ1v) is 10.5. The standard InChI is InChI=1S/C28H24O2/c1-27-18-22(25(29)21-16-10-5-11-17-21)28(2,26(27)30)24(20-14-8-4-9-15-20)23(27)19-12-6-3-7-13-19/h3-17,22H,18H2,1-2H3/t22-,27-,28-/m1/s1. The molecule has 3 atom stereocenters. The summed E-state index contributed by atoms with van der Waals surface area (Å²) >= 11 is 0. The normalized spacial score (nSPS) is 27.5. The zero-order valence-electron chi connectivity index (χ0n) is 17.3. The minimum Gasteiger partial charge on any atom is -0.298 e. The fourth-order valence-electron chi connectivity index (χ4n) is 5.75. The molecule has 0 saturated heterocycles. The van der Waals surface area contributed by atoms with E-state index in [0.29, 0.717) is 12.0 Å². The number of allylic oxidation sites excluding steroid dienone is 2. The van der Waals surface area contributed by atoms with E-state index in [-0.39, 0.29) is 17.5 Å². The van der Waals surface area contributed by atoms with Crippen LogP contribution in [-0.4, -0.2) is 11.6 Å². The van der Waals surface area contributed by atoms with E-state index < -0.39 is 10.8 Å². The van der Waals surface area contributed by atoms with Crippen molar-refractivity contribution in [2.75, 3.05) is 0 Å². The predicted molar refractivity (Wildman–Crippen MR) is 120 cm³/mol. The number of fused-ring (bicyclic) bond motifs is 2. The van der Waals surface area contributed by atoms with E-state index in [4.69, 9.17) is 0 Å². The molecule has 2 aliphatic carbocycles. The highest BCUT2D eigenvalue weighted by molar-refractivity contribution is 6.25. The van der Waals surface area contributed by atoms with Crippen molar-refractivity contribution >= 4 is 22.7 Å². The van der Waals surface area contributed by atoms with E-state index in [9.17, 15) is 9.59 Å². The van der Waals surface area contributed by atoms with Crippen molar-refractivity contribution in [3.8, 4) is 0 Å². The number of hydrogen-bond acceptors (Lipinski definition) is 2. The molecule has 2 aliphatic rings. The average molecular weight is 392 g/mol. The summed E-state index contributed by atoms with van der Waals surface area (Å²) in [5.41, 5.74) is 3.37. The highest BCUT2D eigenvalue weighted by atomic mass is 16.1. The van der Waals surface area contributed by atoms with Crippen molar-refractivity contribution in [3.63, 3.8) is 0 Å². The monoisotopic (exact) mass is 392 g/mol. The molecule has 1 fully saturated rings. The third kappa shape index (κ3) is 2.43. The second kappa shape index (κ2) is 6.63. The number of carbonyl (C=O) groups excluding carboxylic acids is 2. The molecule has 0 heterocycles. The molecule has 2 bridgehead atoms. The zero-order valence-corrected chi connectivity index (χ0v) is 17.3. The summed E-state index contributed by atoms with van der Waals surface area (Å²) in [4.78, 5) is 27.5. The summed E-state index contributed by atoms with van der Waals surface area (Å²) in [6, 6.07) is 29.7. The molecule has 0 radical (unpaired) electrons. The van der Waals surface area contributed by atoms with Gasteiger partial charge in [0.25, 0.3) is 0 Å². The van der Waals surface area contributed by atoms with Gasteiger partial charge < -0.3 is 0 Å². The van der Waals surface area contributed by atoms with Crippen molar-refractivity contribution in [1.82, 2.24) is 0 Å². The molecule has 5 rings (SSSR count). The van der Waals surface area contributed by atoms with Crippen LogP contribution in [0.2, 0.25) is 0 Å². The van der Waals surface area contributed by atoms with E-state index in [1.807, 2.05) is 80.6 Å². The molecule has 2 heteroatoms. The van der Waals surface area contributed by atoms with E-state index in [1.54, 1.807) is 0 Å². The third-order valence-corrected chi connectivity index (χ3v) is 7.10. The number of hydrogen-bond donors (Lipinski definition) is 0. The van der Waals surface area contributed by atoms with Crippen LogP contribution in [0.25, 0.3) is 11.1 Å². The van der Waals surface area contributed by atoms with Crippen LogP contribution in [0.5, 0.6) is 0 Å². The highest BCUT2D eigenvalue weighted by Gasteiger charge is 2.68. The number of ketones is 2. The average Bonchev–Trinajstić information content (AvgIpc) is 3.11. The Morgan fingerprint density at radius 2 is 1.20 bits per heavy atom. The number of Topliss-reactive ketones (excluding diaryl/α,β-unsaturated/α-hetero) is 2. The van der Waals surface area contributed by atoms with Crippen LogP contribution in [0.4, 0.5) is 0 Å². The van der Waals surface area contributed by atoms with Gasteiger partial charge in [-0.25, -0.2) is 0 Å². The quantitative estimate of drug-likeness (QED) is 0.503. The highest BCUT2D eigenvalue weighted by Crippen LogP contribution is 2.69. The maximum absolute atomic E-state index is 13.9. The van der Waals surface area contributed by atoms with E-state index in [1.165, 1.54) is 0 Å². The molecule has 3 aromatic carbocycles. The second-order valence-electron chi connectivity index (χ2n) is 8.83. The second-order valence-corrected chi connectivity index (χ2v) is 8.83. The van der Waals surface area contributed by atoms with E-state index in [0.717, 1.165) is 22.3 Å². The summed E-state index contributed by atoms with van der Waals surface area (Å²) in [5, 5.41) is 0. The molecule has 1 saturated carbocycles. The van der Waals surface area contributed by atoms with Crippen molar-refractivity contribution in [2.24, 2.45) is 16.7 Å². The molecule has 0 unspecified atom stereocenters. The Kier molecular flexibility index (Phi) is 4.14. The van der Waals surface area contributed by atoms with E-state index in [2.05, 4.69) is 24.3 Å². The minimum atomic E-state index is -0.839. The molecule has 0 aliphatic heterocycles. The van der Waals surface area contributed by atoms with Gasteiger partial charge in [-0.1, -0.05) is 91.0 Å². The molecule has 0 aromatic heterocycles. The van der Waals surface area contributed by atoms with Crippen molar-refractivity contribution < 1.29 is 9.59 Å². The number of carbonyl (C=O) groups is 2. The van der Waals surface area contributed by atoms with Crippen LogP contribution < -0.4 is 0 Å². The van der Waals surface area contributed by atoms with Crippen LogP contribution in [0.1, 0.15) is 41.8 Å². The van der Waals surface area contributed by atoms with Gasteiger partial charge in [-0.3, -0.25) is 9.59 Å². The van der Waals surface area contributed by atoms with Crippen molar-refractivity contribution in [3.05, 3.63) is 108 Å². The van der Waals surface area contributed by atoms with Gasteiger partial charge in [0.05, 0.1) is 10.8 Å². The van der Waals surface area contributed by atoms with Crippen LogP contribution in [-0.2, 0) is 4.79 Å². The lowest BCUT2D eigenvalue weighted by Crippen LogP contribution is -2.34. The minimum absolute atomic E-state index is 0.0655. The SMILES string of the molecule is C[C@]12C[C@H](C(=O)c3ccccc3)[C@@](C)(C1=O)C(c1ccccc1)=C2c1ccccc1. The van der Waals surface area contributed by atoms with Gasteiger partial charge in [0.2, 0.25) is 0 Å². The maximum atomic E-state index is 13.9. The first kappa shape index (κ1) is 18.7. The molecule has 2 nitrogen and oxygen atoms in total. The molecule has 30 heavy (non-hydrogen) atoms. The lowest BCUT2D eigenvalue weighted by atomic mass is 9.65. The molecule has 148 valence electrons. The molecule has 0 N–H and O–H groups in total. The van der Waals surface area contributed by atoms with Crippen LogP contribution >= 0.6 is 0 Å². The van der Waals surface area contributed by atoms with Crippen molar-refractivity contribution in [1.29, 1.82) is 0 Å². The Morgan fingerprint density at radius 1 is 0.733 bits per heavy atom. The largest absolute Gasteiger partial charge is 0.298 e. The Morgan fingerprint density at radius 3 is 1.73 bits per heavy atom. The first-order chi connectivity index (χ1) is 14.5. The Labute approximate surface area is 177 Å². The van der Waals surface area contributed by atoms with Crippen LogP contribution in [0, 0.1) is 16.7 Å². The number of benzene rings is 3. The first-order valence-electron chi connectivity index (χ1n) is 10.5. The van der Waals surface area contributed by atoms with Gasteiger partial charge in [-0.2, -0.15) is 0 Å². The Hall–Kier alpha value is -3.26. The lowest BCUT2D eigenvalue weighted by molar-refractivity contribution is -0.127. The molecule has 3 aromatic rings. The maximum Gasteiger partial charge on any atom is 0.167 e. The van der Waals surface area contributed by atoms with Crippen LogP contribution in [0.3, 0.4) is 0 Å². The molecular formula is C28H24O2. The summed E-state index contributed by atoms with van der Waals surface area (Å²) in [6.07, 6.45) is 0.552. The summed E-state index contributed by atoms with van der Waals surface area (Å²) in [5.74, 6) is -0.127. The summed E-state index contributed by atoms with van der Waals surface area (Å²) in [6.45, 7) is 4.02. The number of rotatable bonds is 4. The fraction of sp³-hybridized carbons (Fsp3) is 0.214. The topological polar surface area (TPSA) is 34.1 Å².